The number of likely N-dealkylation sites (N-methyl/N-ethyl adjacent to an activating group) is 1. The molecule has 21 heavy (non-hydrogen) atoms. The van der Waals surface area contributed by atoms with Gasteiger partial charge in [0.05, 0.1) is 21.1 Å². The van der Waals surface area contributed by atoms with Crippen LogP contribution in [0.3, 0.4) is 0 Å². The second-order valence-electron chi connectivity index (χ2n) is 6.74. The summed E-state index contributed by atoms with van der Waals surface area (Å²) >= 11 is 0. The standard InChI is InChI=1S/C13H27N2O5P/c1-13(2,3)20-12(17)14-8-7-9-19-21(18)11(16)10-15(4,5)6/h7-10H2,1-6H3,(H-,14,16,17)/p+1. The number of hydrogen-bond acceptors (Lipinski definition) is 4. The molecule has 0 heterocycles. The number of aliphatic hydroxyl groups excluding tert-OH is 1. The molecular weight excluding hydrogens is 295 g/mol. The van der Waals surface area contributed by atoms with Crippen LogP contribution in [0.2, 0.25) is 0 Å². The maximum Gasteiger partial charge on any atom is 0.407 e. The predicted molar refractivity (Wildman–Crippen MR) is 81.6 cm³/mol. The fraction of sp³-hybridized carbons (Fsp3) is 0.846. The first kappa shape index (κ1) is 20.3. The van der Waals surface area contributed by atoms with Crippen LogP contribution in [0.5, 0.6) is 0 Å². The summed E-state index contributed by atoms with van der Waals surface area (Å²) < 4.78 is 10.6. The van der Waals surface area contributed by atoms with Crippen LogP contribution in [-0.4, -0.2) is 67.6 Å². The molecule has 0 aliphatic carbocycles. The van der Waals surface area contributed by atoms with Gasteiger partial charge in [-0.2, -0.15) is 4.52 Å². The van der Waals surface area contributed by atoms with Gasteiger partial charge in [-0.25, -0.2) is 4.79 Å². The molecule has 0 fully saturated rings. The molecule has 0 bridgehead atoms. The summed E-state index contributed by atoms with van der Waals surface area (Å²) in [5.41, 5.74) is -0.687. The molecule has 124 valence electrons. The van der Waals surface area contributed by atoms with Crippen LogP contribution >= 0.6 is 8.00 Å². The molecule has 1 atom stereocenters. The van der Waals surface area contributed by atoms with Crippen molar-refractivity contribution in [2.24, 2.45) is 0 Å². The highest BCUT2D eigenvalue weighted by Crippen LogP contribution is 2.16. The van der Waals surface area contributed by atoms with Crippen molar-refractivity contribution in [3.05, 3.63) is 0 Å². The van der Waals surface area contributed by atoms with E-state index in [0.29, 0.717) is 17.4 Å². The number of carbonyl (C=O) groups is 1. The number of rotatable bonds is 7. The van der Waals surface area contributed by atoms with E-state index in [0.717, 1.165) is 0 Å². The molecular formula is C13H28N2O5P+. The van der Waals surface area contributed by atoms with Crippen molar-refractivity contribution in [2.45, 2.75) is 32.8 Å². The second kappa shape index (κ2) is 8.66. The molecule has 7 nitrogen and oxygen atoms in total. The first-order valence-corrected chi connectivity index (χ1v) is 8.01. The fourth-order valence-corrected chi connectivity index (χ4v) is 2.26. The Kier molecular flexibility index (Phi) is 8.36. The maximum atomic E-state index is 11.6. The van der Waals surface area contributed by atoms with Crippen molar-refractivity contribution in [1.82, 2.24) is 5.32 Å². The van der Waals surface area contributed by atoms with Crippen molar-refractivity contribution >= 4 is 19.6 Å². The third-order valence-electron chi connectivity index (χ3n) is 2.02. The molecule has 0 aliphatic heterocycles. The van der Waals surface area contributed by atoms with Crippen LogP contribution in [0.4, 0.5) is 4.79 Å². The van der Waals surface area contributed by atoms with E-state index in [4.69, 9.17) is 9.26 Å². The summed E-state index contributed by atoms with van der Waals surface area (Å²) in [7, 11) is 3.44. The van der Waals surface area contributed by atoms with Crippen molar-refractivity contribution in [1.29, 1.82) is 0 Å². The maximum absolute atomic E-state index is 11.6. The second-order valence-corrected chi connectivity index (χ2v) is 8.03. The van der Waals surface area contributed by atoms with Crippen LogP contribution < -0.4 is 10.2 Å². The molecule has 8 heteroatoms. The highest BCUT2D eigenvalue weighted by atomic mass is 31.1. The summed E-state index contributed by atoms with van der Waals surface area (Å²) in [5.74, 6) is 0. The Morgan fingerprint density at radius 2 is 1.90 bits per heavy atom. The van der Waals surface area contributed by atoms with E-state index in [1.165, 1.54) is 0 Å². The molecule has 0 aliphatic rings. The summed E-state index contributed by atoms with van der Waals surface area (Å²) in [6, 6.07) is 0. The normalized spacial score (nSPS) is 13.7. The minimum Gasteiger partial charge on any atom is -0.601 e. The molecule has 1 unspecified atom stereocenters. The van der Waals surface area contributed by atoms with Gasteiger partial charge < -0.3 is 24.5 Å². The molecule has 0 spiro atoms. The SMILES string of the molecule is CC(C)(C)OC(=O)NCCCO/[P+]([O-])=C(\O)C[N+](C)(C)C. The van der Waals surface area contributed by atoms with Gasteiger partial charge in [0.1, 0.15) is 12.2 Å². The molecule has 0 aromatic rings. The first-order chi connectivity index (χ1) is 9.41. The van der Waals surface area contributed by atoms with Crippen molar-refractivity contribution < 1.29 is 28.5 Å². The minimum atomic E-state index is -2.20. The Balaban J connectivity index is 3.90. The Morgan fingerprint density at radius 1 is 1.33 bits per heavy atom. The van der Waals surface area contributed by atoms with Gasteiger partial charge in [-0.3, -0.25) is 0 Å². The monoisotopic (exact) mass is 323 g/mol. The number of hydrogen-bond donors (Lipinski definition) is 2. The number of nitrogens with one attached hydrogen (secondary N) is 1. The van der Waals surface area contributed by atoms with Crippen LogP contribution in [0, 0.1) is 0 Å². The largest absolute Gasteiger partial charge is 0.601 e. The van der Waals surface area contributed by atoms with Gasteiger partial charge >= 0.3 is 11.6 Å². The smallest absolute Gasteiger partial charge is 0.407 e. The molecule has 0 rings (SSSR count). The van der Waals surface area contributed by atoms with E-state index >= 15 is 0 Å². The molecule has 0 radical (unpaired) electrons. The van der Waals surface area contributed by atoms with E-state index in [-0.39, 0.29) is 18.6 Å². The van der Waals surface area contributed by atoms with E-state index in [2.05, 4.69) is 5.32 Å². The lowest BCUT2D eigenvalue weighted by Crippen LogP contribution is -2.39. The molecule has 1 amide bonds. The van der Waals surface area contributed by atoms with Crippen molar-refractivity contribution in [2.75, 3.05) is 40.8 Å². The van der Waals surface area contributed by atoms with Gasteiger partial charge in [0.15, 0.2) is 6.54 Å². The van der Waals surface area contributed by atoms with Gasteiger partial charge in [0.25, 0.3) is 8.00 Å². The third kappa shape index (κ3) is 12.7. The summed E-state index contributed by atoms with van der Waals surface area (Å²) in [6.45, 7) is 6.16. The third-order valence-corrected chi connectivity index (χ3v) is 3.00. The summed E-state index contributed by atoms with van der Waals surface area (Å²) in [4.78, 5) is 23.0. The van der Waals surface area contributed by atoms with Gasteiger partial charge in [-0.15, -0.1) is 0 Å². The van der Waals surface area contributed by atoms with Gasteiger partial charge in [0, 0.05) is 6.54 Å². The zero-order valence-corrected chi connectivity index (χ0v) is 14.7. The zero-order valence-electron chi connectivity index (χ0n) is 13.8. The molecule has 0 saturated heterocycles. The number of nitrogens with zero attached hydrogens (tertiary/aromatic N) is 1. The average Bonchev–Trinajstić information content (AvgIpc) is 2.23. The Hall–Kier alpha value is -0.720. The van der Waals surface area contributed by atoms with Gasteiger partial charge in [-0.05, 0) is 27.2 Å². The lowest BCUT2D eigenvalue weighted by molar-refractivity contribution is -0.861. The number of alkyl carbamates (subject to hydrolysis) is 1. The average molecular weight is 323 g/mol. The van der Waals surface area contributed by atoms with Crippen molar-refractivity contribution in [3.8, 4) is 0 Å². The summed E-state index contributed by atoms with van der Waals surface area (Å²) in [6.07, 6.45) is -0.0100. The number of quaternary nitrogens is 1. The number of aliphatic hydroxyl groups is 1. The van der Waals surface area contributed by atoms with Crippen LogP contribution in [-0.2, 0) is 9.26 Å². The molecule has 0 aromatic heterocycles. The van der Waals surface area contributed by atoms with E-state index < -0.39 is 19.7 Å². The number of carbonyl (C=O) groups excluding carboxylic acids is 1. The predicted octanol–water partition coefficient (Wildman–Crippen LogP) is 0.799. The molecule has 2 N–H and O–H groups in total. The summed E-state index contributed by atoms with van der Waals surface area (Å²) in [5, 5.41) is 12.2. The van der Waals surface area contributed by atoms with Crippen LogP contribution in [0.25, 0.3) is 0 Å². The van der Waals surface area contributed by atoms with Crippen molar-refractivity contribution in [3.63, 3.8) is 0 Å². The van der Waals surface area contributed by atoms with E-state index in [1.807, 2.05) is 21.1 Å². The number of amides is 1. The lowest BCUT2D eigenvalue weighted by Gasteiger charge is -2.21. The topological polar surface area (TPSA) is 90.9 Å². The highest BCUT2D eigenvalue weighted by Gasteiger charge is 2.19. The first-order valence-electron chi connectivity index (χ1n) is 6.83. The van der Waals surface area contributed by atoms with Crippen LogP contribution in [0.1, 0.15) is 27.2 Å². The van der Waals surface area contributed by atoms with Gasteiger partial charge in [0.2, 0.25) is 0 Å². The van der Waals surface area contributed by atoms with E-state index in [1.54, 1.807) is 20.8 Å². The molecule has 0 saturated carbocycles. The quantitative estimate of drug-likeness (QED) is 0.411. The lowest BCUT2D eigenvalue weighted by atomic mass is 10.2. The molecule has 0 aromatic carbocycles. The fourth-order valence-electron chi connectivity index (χ4n) is 1.28. The Bertz CT molecular complexity index is 372. The Labute approximate surface area is 128 Å². The van der Waals surface area contributed by atoms with Crippen LogP contribution in [0.15, 0.2) is 0 Å². The number of ether oxygens (including phenoxy) is 1. The minimum absolute atomic E-state index is 0.155. The van der Waals surface area contributed by atoms with E-state index in [9.17, 15) is 14.8 Å². The van der Waals surface area contributed by atoms with Gasteiger partial charge in [-0.1, -0.05) is 0 Å². The highest BCUT2D eigenvalue weighted by molar-refractivity contribution is 7.46. The Morgan fingerprint density at radius 3 is 2.38 bits per heavy atom. The zero-order chi connectivity index (χ0) is 16.7.